The summed E-state index contributed by atoms with van der Waals surface area (Å²) >= 11 is 1.92. The van der Waals surface area contributed by atoms with E-state index in [2.05, 4.69) is 150 Å². The molecule has 61 heavy (non-hydrogen) atoms. The molecule has 0 aliphatic heterocycles. The van der Waals surface area contributed by atoms with Gasteiger partial charge in [0.2, 0.25) is 0 Å². The first-order valence-corrected chi connectivity index (χ1v) is 23.7. The van der Waals surface area contributed by atoms with Crippen LogP contribution < -0.4 is 4.90 Å². The maximum absolute atomic E-state index is 5.66. The molecule has 4 bridgehead atoms. The zero-order valence-electron chi connectivity index (χ0n) is 34.6. The average Bonchev–Trinajstić information content (AvgIpc) is 4.06. The van der Waals surface area contributed by atoms with Gasteiger partial charge < -0.3 is 4.90 Å². The molecule has 1 unspecified atom stereocenters. The normalized spacial score (nSPS) is 24.3. The van der Waals surface area contributed by atoms with Gasteiger partial charge in [-0.1, -0.05) is 115 Å². The maximum Gasteiger partial charge on any atom is 0.0536 e. The van der Waals surface area contributed by atoms with Gasteiger partial charge in [-0.15, -0.1) is 17.8 Å². The van der Waals surface area contributed by atoms with Crippen LogP contribution in [0.2, 0.25) is 0 Å². The van der Waals surface area contributed by atoms with Crippen molar-refractivity contribution in [2.45, 2.75) is 86.9 Å². The Balaban J connectivity index is 1.12. The highest BCUT2D eigenvalue weighted by molar-refractivity contribution is 7.25. The van der Waals surface area contributed by atoms with Gasteiger partial charge in [-0.05, 0) is 179 Å². The minimum Gasteiger partial charge on any atom is -0.310 e. The van der Waals surface area contributed by atoms with E-state index in [9.17, 15) is 0 Å². The van der Waals surface area contributed by atoms with Crippen molar-refractivity contribution in [2.24, 2.45) is 5.92 Å². The van der Waals surface area contributed by atoms with E-state index in [0.29, 0.717) is 23.7 Å². The van der Waals surface area contributed by atoms with Crippen molar-refractivity contribution in [1.82, 2.24) is 0 Å². The SMILES string of the molecule is C#C/C=C\C=C/CC1(C2C=CC=C2)c2cc(N(c3ccc4sc5ccccc5c4c3)c3c4c(cc5c3C3CCC5CC3)C3CCC4CC3)ccc2-c2c1ccc1ccccc21. The van der Waals surface area contributed by atoms with Crippen molar-refractivity contribution in [1.29, 1.82) is 0 Å². The standard InChI is InChI=1S/C59H49NS/c1-2-3-4-5-12-33-59(42-14-7-8-15-42)51-31-27-37-13-6-9-16-45(37)57(51)47-30-28-44(35-52(47)59)60(43-29-32-54-50(34-43)46-17-10-11-18-53(46)61-54)58-55-40-23-19-38(20-24-40)48(55)36-49-39-21-25-41(26-22-39)56(49)58/h1,3-18,27-32,34-36,38-42H,19-26,33H2/b4-3-,12-5-. The van der Waals surface area contributed by atoms with Crippen LogP contribution in [0.4, 0.5) is 17.1 Å². The van der Waals surface area contributed by atoms with E-state index in [-0.39, 0.29) is 11.3 Å². The molecule has 0 spiro atoms. The number of rotatable bonds is 7. The topological polar surface area (TPSA) is 3.24 Å². The van der Waals surface area contributed by atoms with E-state index < -0.39 is 0 Å². The molecule has 8 aliphatic rings. The summed E-state index contributed by atoms with van der Waals surface area (Å²) in [7, 11) is 0. The quantitative estimate of drug-likeness (QED) is 0.115. The monoisotopic (exact) mass is 803 g/mol. The molecule has 2 heteroatoms. The van der Waals surface area contributed by atoms with Gasteiger partial charge in [-0.25, -0.2) is 0 Å². The lowest BCUT2D eigenvalue weighted by molar-refractivity contribution is 0.342. The minimum atomic E-state index is -0.304. The lowest BCUT2D eigenvalue weighted by Gasteiger charge is -2.48. The molecule has 0 N–H and O–H groups in total. The Morgan fingerprint density at radius 3 is 2.03 bits per heavy atom. The van der Waals surface area contributed by atoms with E-state index in [1.165, 1.54) is 116 Å². The van der Waals surface area contributed by atoms with Gasteiger partial charge in [0.15, 0.2) is 0 Å². The third kappa shape index (κ3) is 5.20. The maximum atomic E-state index is 5.66. The predicted octanol–water partition coefficient (Wildman–Crippen LogP) is 16.3. The summed E-state index contributed by atoms with van der Waals surface area (Å²) in [5, 5.41) is 5.36. The smallest absolute Gasteiger partial charge is 0.0536 e. The van der Waals surface area contributed by atoms with E-state index >= 15 is 0 Å². The summed E-state index contributed by atoms with van der Waals surface area (Å²) in [6.07, 6.45) is 34.9. The van der Waals surface area contributed by atoms with Crippen LogP contribution >= 0.6 is 11.3 Å². The first-order valence-electron chi connectivity index (χ1n) is 22.9. The molecule has 7 aromatic rings. The van der Waals surface area contributed by atoms with Gasteiger partial charge in [-0.3, -0.25) is 0 Å². The number of hydrogen-bond donors (Lipinski definition) is 0. The van der Waals surface area contributed by atoms with E-state index in [1.54, 1.807) is 34.0 Å². The summed E-state index contributed by atoms with van der Waals surface area (Å²) in [4.78, 5) is 2.81. The Morgan fingerprint density at radius 2 is 1.28 bits per heavy atom. The van der Waals surface area contributed by atoms with Crippen LogP contribution in [0.25, 0.3) is 42.1 Å². The second kappa shape index (κ2) is 13.8. The van der Waals surface area contributed by atoms with Crippen molar-refractivity contribution in [3.63, 3.8) is 0 Å². The Bertz CT molecular complexity index is 3070. The van der Waals surface area contributed by atoms with Gasteiger partial charge in [0.1, 0.15) is 0 Å². The number of fused-ring (bicyclic) bond motifs is 12. The number of anilines is 3. The summed E-state index contributed by atoms with van der Waals surface area (Å²) in [5.41, 5.74) is 16.2. The minimum absolute atomic E-state index is 0.205. The molecule has 1 nitrogen and oxygen atoms in total. The van der Waals surface area contributed by atoms with Crippen LogP contribution in [-0.2, 0) is 5.41 Å². The summed E-state index contributed by atoms with van der Waals surface area (Å²) in [6.45, 7) is 0. The molecule has 2 fully saturated rings. The van der Waals surface area contributed by atoms with Crippen LogP contribution in [-0.4, -0.2) is 0 Å². The number of terminal acetylenes is 1. The van der Waals surface area contributed by atoms with Crippen molar-refractivity contribution in [2.75, 3.05) is 4.90 Å². The second-order valence-electron chi connectivity index (χ2n) is 18.8. The first-order chi connectivity index (χ1) is 30.2. The van der Waals surface area contributed by atoms with Crippen LogP contribution in [0.3, 0.4) is 0 Å². The molecule has 8 aliphatic carbocycles. The number of nitrogens with zero attached hydrogens (tertiary/aromatic N) is 1. The Labute approximate surface area is 363 Å². The van der Waals surface area contributed by atoms with Crippen LogP contribution in [0.5, 0.6) is 0 Å². The van der Waals surface area contributed by atoms with Crippen molar-refractivity contribution >= 4 is 59.3 Å². The number of allylic oxidation sites excluding steroid dienone is 8. The fourth-order valence-electron chi connectivity index (χ4n) is 13.4. The van der Waals surface area contributed by atoms with Crippen molar-refractivity contribution < 1.29 is 0 Å². The fourth-order valence-corrected chi connectivity index (χ4v) is 14.5. The van der Waals surface area contributed by atoms with Crippen molar-refractivity contribution in [3.8, 4) is 23.5 Å². The van der Waals surface area contributed by atoms with Crippen LogP contribution in [0.15, 0.2) is 152 Å². The molecule has 6 aromatic carbocycles. The molecular formula is C59H49NS. The Kier molecular flexibility index (Phi) is 8.12. The van der Waals surface area contributed by atoms with Gasteiger partial charge in [0.05, 0.1) is 5.69 Å². The van der Waals surface area contributed by atoms with Gasteiger partial charge >= 0.3 is 0 Å². The third-order valence-electron chi connectivity index (χ3n) is 16.1. The van der Waals surface area contributed by atoms with Gasteiger partial charge in [0.25, 0.3) is 0 Å². The molecular weight excluding hydrogens is 755 g/mol. The number of thiophene rings is 1. The zero-order chi connectivity index (χ0) is 40.2. The van der Waals surface area contributed by atoms with E-state index in [1.807, 2.05) is 17.4 Å². The molecule has 0 amide bonds. The Hall–Kier alpha value is -5.88. The molecule has 1 atom stereocenters. The predicted molar refractivity (Wildman–Crippen MR) is 259 cm³/mol. The molecule has 1 aromatic heterocycles. The van der Waals surface area contributed by atoms with Gasteiger partial charge in [0, 0.05) is 42.9 Å². The molecule has 0 saturated heterocycles. The van der Waals surface area contributed by atoms with Crippen LogP contribution in [0, 0.1) is 18.3 Å². The highest BCUT2D eigenvalue weighted by Crippen LogP contribution is 2.63. The number of benzene rings is 6. The lowest BCUT2D eigenvalue weighted by Crippen LogP contribution is -2.32. The summed E-state index contributed by atoms with van der Waals surface area (Å²) in [6, 6.07) is 40.7. The number of hydrogen-bond acceptors (Lipinski definition) is 2. The van der Waals surface area contributed by atoms with E-state index in [0.717, 1.165) is 6.42 Å². The average molecular weight is 804 g/mol. The molecule has 15 rings (SSSR count). The third-order valence-corrected chi connectivity index (χ3v) is 17.2. The molecule has 2 saturated carbocycles. The van der Waals surface area contributed by atoms with Gasteiger partial charge in [-0.2, -0.15) is 0 Å². The molecule has 1 heterocycles. The van der Waals surface area contributed by atoms with Crippen LogP contribution in [0.1, 0.15) is 115 Å². The zero-order valence-corrected chi connectivity index (χ0v) is 35.4. The summed E-state index contributed by atoms with van der Waals surface area (Å²) < 4.78 is 2.72. The van der Waals surface area contributed by atoms with E-state index in [4.69, 9.17) is 6.42 Å². The molecule has 0 radical (unpaired) electrons. The highest BCUT2D eigenvalue weighted by Gasteiger charge is 2.49. The highest BCUT2D eigenvalue weighted by atomic mass is 32.1. The van der Waals surface area contributed by atoms with Crippen molar-refractivity contribution in [3.05, 3.63) is 185 Å². The molecule has 296 valence electrons. The lowest BCUT2D eigenvalue weighted by atomic mass is 9.60. The second-order valence-corrected chi connectivity index (χ2v) is 19.9. The largest absolute Gasteiger partial charge is 0.310 e. The fraction of sp³-hybridized carbons (Fsp3) is 0.254. The Morgan fingerprint density at radius 1 is 0.623 bits per heavy atom. The first kappa shape index (κ1) is 35.8. The summed E-state index contributed by atoms with van der Waals surface area (Å²) in [5.74, 6) is 5.49.